The van der Waals surface area contributed by atoms with Gasteiger partial charge in [-0.1, -0.05) is 48.5 Å². The van der Waals surface area contributed by atoms with Gasteiger partial charge in [-0.15, -0.1) is 0 Å². The summed E-state index contributed by atoms with van der Waals surface area (Å²) in [4.78, 5) is 36.4. The molecule has 0 radical (unpaired) electrons. The summed E-state index contributed by atoms with van der Waals surface area (Å²) in [6.45, 7) is 1.79. The lowest BCUT2D eigenvalue weighted by molar-refractivity contribution is -0.140. The smallest absolute Gasteiger partial charge is 0.407 e. The minimum absolute atomic E-state index is 0.0622. The number of nitrogens with one attached hydrogen (secondary N) is 3. The van der Waals surface area contributed by atoms with Gasteiger partial charge in [-0.25, -0.2) is 4.79 Å². The third-order valence-corrected chi connectivity index (χ3v) is 5.71. The largest absolute Gasteiger partial charge is 0.481 e. The number of H-pyrrole nitrogens is 1. The van der Waals surface area contributed by atoms with Crippen LogP contribution in [0.25, 0.3) is 11.1 Å². The number of ether oxygens (including phenoxy) is 1. The zero-order chi connectivity index (χ0) is 23.4. The van der Waals surface area contributed by atoms with Gasteiger partial charge in [0.2, 0.25) is 5.91 Å². The van der Waals surface area contributed by atoms with Crippen molar-refractivity contribution < 1.29 is 24.2 Å². The summed E-state index contributed by atoms with van der Waals surface area (Å²) in [5.74, 6) is -1.99. The number of carboxylic acid groups (broad SMARTS) is 1. The van der Waals surface area contributed by atoms with Gasteiger partial charge in [0, 0.05) is 17.7 Å². The van der Waals surface area contributed by atoms with E-state index in [1.807, 2.05) is 48.5 Å². The molecule has 1 heterocycles. The number of carbonyl (C=O) groups excluding carboxylic acids is 2. The second-order valence-electron chi connectivity index (χ2n) is 7.88. The van der Waals surface area contributed by atoms with Crippen molar-refractivity contribution in [1.29, 1.82) is 0 Å². The van der Waals surface area contributed by atoms with E-state index in [1.165, 1.54) is 0 Å². The molecule has 1 aliphatic rings. The van der Waals surface area contributed by atoms with Gasteiger partial charge in [0.05, 0.1) is 18.7 Å². The molecule has 0 saturated heterocycles. The van der Waals surface area contributed by atoms with Gasteiger partial charge in [0.1, 0.15) is 12.6 Å². The predicted octanol–water partition coefficient (Wildman–Crippen LogP) is 2.97. The van der Waals surface area contributed by atoms with Crippen LogP contribution in [0.5, 0.6) is 0 Å². The van der Waals surface area contributed by atoms with Gasteiger partial charge < -0.3 is 20.5 Å². The number of amides is 2. The van der Waals surface area contributed by atoms with Gasteiger partial charge >= 0.3 is 12.1 Å². The Labute approximate surface area is 190 Å². The standard InChI is InChI=1S/C24H24N4O5/c1-14(15-11-25-26-12-15)27-23(31)21(10-22(29)30)28-24(32)33-13-20-18-8-4-2-6-16(18)17-7-3-5-9-19(17)20/h2-9,11-12,14,20-21H,10,13H2,1H3,(H,25,26)(H,27,31)(H,28,32)(H,29,30). The molecule has 1 aromatic heterocycles. The van der Waals surface area contributed by atoms with Crippen LogP contribution in [-0.2, 0) is 14.3 Å². The summed E-state index contributed by atoms with van der Waals surface area (Å²) in [6, 6.07) is 14.2. The average molecular weight is 448 g/mol. The molecule has 0 aliphatic heterocycles. The highest BCUT2D eigenvalue weighted by Gasteiger charge is 2.30. The molecule has 4 N–H and O–H groups in total. The van der Waals surface area contributed by atoms with Gasteiger partial charge in [-0.2, -0.15) is 5.10 Å². The number of hydrogen-bond donors (Lipinski definition) is 4. The molecule has 1 aliphatic carbocycles. The maximum absolute atomic E-state index is 12.6. The van der Waals surface area contributed by atoms with Crippen molar-refractivity contribution in [3.63, 3.8) is 0 Å². The van der Waals surface area contributed by atoms with Crippen molar-refractivity contribution >= 4 is 18.0 Å². The Hall–Kier alpha value is -4.14. The van der Waals surface area contributed by atoms with E-state index in [-0.39, 0.29) is 12.5 Å². The van der Waals surface area contributed by atoms with Crippen molar-refractivity contribution in [2.24, 2.45) is 0 Å². The van der Waals surface area contributed by atoms with E-state index in [4.69, 9.17) is 4.74 Å². The Morgan fingerprint density at radius 1 is 1.06 bits per heavy atom. The molecule has 2 aromatic carbocycles. The molecule has 2 unspecified atom stereocenters. The normalized spacial score (nSPS) is 14.0. The number of carbonyl (C=O) groups is 3. The monoisotopic (exact) mass is 448 g/mol. The molecule has 2 amide bonds. The van der Waals surface area contributed by atoms with E-state index in [2.05, 4.69) is 20.8 Å². The molecule has 0 bridgehead atoms. The molecule has 0 fully saturated rings. The number of benzene rings is 2. The maximum Gasteiger partial charge on any atom is 0.407 e. The van der Waals surface area contributed by atoms with Crippen LogP contribution in [-0.4, -0.2) is 45.9 Å². The van der Waals surface area contributed by atoms with Crippen LogP contribution in [0.1, 0.15) is 42.0 Å². The van der Waals surface area contributed by atoms with E-state index in [9.17, 15) is 19.5 Å². The zero-order valence-electron chi connectivity index (χ0n) is 17.9. The molecule has 0 spiro atoms. The van der Waals surface area contributed by atoms with E-state index in [1.54, 1.807) is 19.3 Å². The fourth-order valence-corrected chi connectivity index (χ4v) is 4.06. The van der Waals surface area contributed by atoms with Crippen molar-refractivity contribution in [1.82, 2.24) is 20.8 Å². The first kappa shape index (κ1) is 22.1. The van der Waals surface area contributed by atoms with Crippen molar-refractivity contribution in [2.75, 3.05) is 6.61 Å². The highest BCUT2D eigenvalue weighted by atomic mass is 16.5. The zero-order valence-corrected chi connectivity index (χ0v) is 17.9. The average Bonchev–Trinajstić information content (AvgIpc) is 3.44. The lowest BCUT2D eigenvalue weighted by atomic mass is 9.98. The Kier molecular flexibility index (Phi) is 6.39. The molecule has 4 rings (SSSR count). The van der Waals surface area contributed by atoms with Crippen molar-refractivity contribution in [2.45, 2.75) is 31.3 Å². The fraction of sp³-hybridized carbons (Fsp3) is 0.250. The SMILES string of the molecule is CC(NC(=O)C(CC(=O)O)NC(=O)OCC1c2ccccc2-c2ccccc21)c1cn[nH]c1. The molecule has 9 heteroatoms. The second kappa shape index (κ2) is 9.56. The number of aliphatic carboxylic acids is 1. The lowest BCUT2D eigenvalue weighted by Crippen LogP contribution is -2.48. The van der Waals surface area contributed by atoms with Crippen LogP contribution >= 0.6 is 0 Å². The maximum atomic E-state index is 12.6. The van der Waals surface area contributed by atoms with Crippen LogP contribution in [0.4, 0.5) is 4.79 Å². The first-order valence-corrected chi connectivity index (χ1v) is 10.6. The summed E-state index contributed by atoms with van der Waals surface area (Å²) in [5.41, 5.74) is 5.02. The summed E-state index contributed by atoms with van der Waals surface area (Å²) < 4.78 is 5.44. The number of nitrogens with zero attached hydrogens (tertiary/aromatic N) is 1. The minimum Gasteiger partial charge on any atom is -0.481 e. The van der Waals surface area contributed by atoms with Gasteiger partial charge in [0.25, 0.3) is 0 Å². The molecule has 2 atom stereocenters. The number of fused-ring (bicyclic) bond motifs is 3. The third kappa shape index (κ3) is 4.87. The van der Waals surface area contributed by atoms with Crippen LogP contribution in [0, 0.1) is 0 Å². The quantitative estimate of drug-likeness (QED) is 0.419. The molecule has 0 saturated carbocycles. The Morgan fingerprint density at radius 2 is 1.70 bits per heavy atom. The van der Waals surface area contributed by atoms with Crippen molar-refractivity contribution in [3.05, 3.63) is 77.6 Å². The minimum atomic E-state index is -1.28. The van der Waals surface area contributed by atoms with Gasteiger partial charge in [-0.3, -0.25) is 14.7 Å². The van der Waals surface area contributed by atoms with Gasteiger partial charge in [0.15, 0.2) is 0 Å². The third-order valence-electron chi connectivity index (χ3n) is 5.71. The number of aromatic amines is 1. The molecule has 9 nitrogen and oxygen atoms in total. The second-order valence-corrected chi connectivity index (χ2v) is 7.88. The van der Waals surface area contributed by atoms with Crippen LogP contribution in [0.15, 0.2) is 60.9 Å². The van der Waals surface area contributed by atoms with Crippen molar-refractivity contribution in [3.8, 4) is 11.1 Å². The number of alkyl carbamates (subject to hydrolysis) is 1. The number of hydrogen-bond acceptors (Lipinski definition) is 5. The predicted molar refractivity (Wildman–Crippen MR) is 119 cm³/mol. The highest BCUT2D eigenvalue weighted by Crippen LogP contribution is 2.44. The molecular weight excluding hydrogens is 424 g/mol. The van der Waals surface area contributed by atoms with Crippen LogP contribution in [0.2, 0.25) is 0 Å². The van der Waals surface area contributed by atoms with Crippen LogP contribution in [0.3, 0.4) is 0 Å². The highest BCUT2D eigenvalue weighted by molar-refractivity contribution is 5.89. The topological polar surface area (TPSA) is 133 Å². The summed E-state index contributed by atoms with van der Waals surface area (Å²) in [7, 11) is 0. The van der Waals surface area contributed by atoms with Crippen LogP contribution < -0.4 is 10.6 Å². The molecular formula is C24H24N4O5. The first-order chi connectivity index (χ1) is 15.9. The molecule has 33 heavy (non-hydrogen) atoms. The summed E-state index contributed by atoms with van der Waals surface area (Å²) in [6.07, 6.45) is 1.75. The first-order valence-electron chi connectivity index (χ1n) is 10.6. The Bertz CT molecular complexity index is 1120. The van der Waals surface area contributed by atoms with E-state index in [0.29, 0.717) is 0 Å². The molecule has 170 valence electrons. The number of carboxylic acids is 1. The summed E-state index contributed by atoms with van der Waals surface area (Å²) >= 11 is 0. The van der Waals surface area contributed by atoms with E-state index in [0.717, 1.165) is 27.8 Å². The number of aromatic nitrogens is 2. The Balaban J connectivity index is 1.41. The molecule has 3 aromatic rings. The Morgan fingerprint density at radius 3 is 2.27 bits per heavy atom. The van der Waals surface area contributed by atoms with E-state index >= 15 is 0 Å². The number of rotatable bonds is 8. The van der Waals surface area contributed by atoms with Gasteiger partial charge in [-0.05, 0) is 29.2 Å². The summed E-state index contributed by atoms with van der Waals surface area (Å²) in [5, 5.41) is 20.8. The fourth-order valence-electron chi connectivity index (χ4n) is 4.06. The van der Waals surface area contributed by atoms with E-state index < -0.39 is 36.5 Å². The lowest BCUT2D eigenvalue weighted by Gasteiger charge is -2.20.